The summed E-state index contributed by atoms with van der Waals surface area (Å²) in [7, 11) is 0. The average Bonchev–Trinajstić information content (AvgIpc) is 3.42. The van der Waals surface area contributed by atoms with Crippen molar-refractivity contribution in [3.05, 3.63) is 58.7 Å². The molecule has 0 atom stereocenters. The van der Waals surface area contributed by atoms with Gasteiger partial charge in [0.15, 0.2) is 0 Å². The van der Waals surface area contributed by atoms with Crippen molar-refractivity contribution in [1.82, 2.24) is 25.2 Å². The molecule has 0 spiro atoms. The molecule has 1 fully saturated rings. The van der Waals surface area contributed by atoms with Crippen molar-refractivity contribution in [3.8, 4) is 21.7 Å². The molecule has 0 bridgehead atoms. The van der Waals surface area contributed by atoms with Crippen molar-refractivity contribution < 1.29 is 9.18 Å². The number of carbonyl (C=O) groups excluding carboxylic acids is 1. The van der Waals surface area contributed by atoms with Crippen molar-refractivity contribution in [2.24, 2.45) is 0 Å². The Morgan fingerprint density at radius 1 is 1.15 bits per heavy atom. The Morgan fingerprint density at radius 2 is 2.00 bits per heavy atom. The predicted molar refractivity (Wildman–Crippen MR) is 130 cm³/mol. The first kappa shape index (κ1) is 21.8. The first-order valence-electron chi connectivity index (χ1n) is 10.1. The van der Waals surface area contributed by atoms with E-state index in [-0.39, 0.29) is 6.03 Å². The topological polar surface area (TPSA) is 83.0 Å². The van der Waals surface area contributed by atoms with Crippen LogP contribution in [0.25, 0.3) is 31.8 Å². The Balaban J connectivity index is 1.45. The molecule has 3 aromatic heterocycles. The van der Waals surface area contributed by atoms with Gasteiger partial charge in [-0.3, -0.25) is 0 Å². The summed E-state index contributed by atoms with van der Waals surface area (Å²) in [6.07, 6.45) is 2.86. The van der Waals surface area contributed by atoms with Crippen LogP contribution in [0.15, 0.2) is 42.7 Å². The quantitative estimate of drug-likeness (QED) is 0.349. The van der Waals surface area contributed by atoms with Crippen molar-refractivity contribution in [3.63, 3.8) is 0 Å². The van der Waals surface area contributed by atoms with Crippen LogP contribution in [0.2, 0.25) is 10.0 Å². The number of anilines is 1. The van der Waals surface area contributed by atoms with E-state index < -0.39 is 5.95 Å². The minimum atomic E-state index is -0.593. The fourth-order valence-electron chi connectivity index (χ4n) is 3.66. The monoisotopic (exact) mass is 502 g/mol. The number of fused-ring (bicyclic) bond motifs is 1. The average molecular weight is 503 g/mol. The molecule has 0 radical (unpaired) electrons. The smallest absolute Gasteiger partial charge is 0.317 e. The van der Waals surface area contributed by atoms with Gasteiger partial charge in [0.1, 0.15) is 5.69 Å². The maximum atomic E-state index is 13.8. The molecule has 33 heavy (non-hydrogen) atoms. The molecule has 1 aromatic carbocycles. The lowest BCUT2D eigenvalue weighted by molar-refractivity contribution is 0.219. The highest BCUT2D eigenvalue weighted by atomic mass is 35.5. The Hall–Kier alpha value is -3.01. The van der Waals surface area contributed by atoms with Gasteiger partial charge in [0.25, 0.3) is 0 Å². The molecular formula is C22H17Cl2FN6OS. The van der Waals surface area contributed by atoms with Crippen molar-refractivity contribution in [2.75, 3.05) is 31.5 Å². The van der Waals surface area contributed by atoms with E-state index >= 15 is 0 Å². The fraction of sp³-hybridized carbons (Fsp3) is 0.182. The minimum absolute atomic E-state index is 0.0650. The third-order valence-corrected chi connectivity index (χ3v) is 7.01. The maximum absolute atomic E-state index is 13.8. The van der Waals surface area contributed by atoms with E-state index in [2.05, 4.69) is 25.6 Å². The number of pyridine rings is 1. The summed E-state index contributed by atoms with van der Waals surface area (Å²) in [4.78, 5) is 26.7. The highest BCUT2D eigenvalue weighted by molar-refractivity contribution is 7.22. The number of urea groups is 1. The third kappa shape index (κ3) is 4.44. The SMILES string of the molecule is O=C1NCCN1CCNc1ncc(Cl)c(-c2cc3cccc(-c4cc(F)ncc4Cl)c3s2)n1. The fourth-order valence-corrected chi connectivity index (χ4v) is 5.31. The summed E-state index contributed by atoms with van der Waals surface area (Å²) >= 11 is 14.2. The molecule has 4 heterocycles. The van der Waals surface area contributed by atoms with E-state index in [0.717, 1.165) is 20.5 Å². The molecule has 7 nitrogen and oxygen atoms in total. The maximum Gasteiger partial charge on any atom is 0.317 e. The summed E-state index contributed by atoms with van der Waals surface area (Å²) < 4.78 is 14.7. The van der Waals surface area contributed by atoms with E-state index in [9.17, 15) is 9.18 Å². The molecule has 5 rings (SSSR count). The molecule has 168 valence electrons. The van der Waals surface area contributed by atoms with Crippen LogP contribution in [0.4, 0.5) is 15.1 Å². The Bertz CT molecular complexity index is 1360. The molecule has 1 aliphatic heterocycles. The van der Waals surface area contributed by atoms with E-state index in [1.165, 1.54) is 23.6 Å². The number of aromatic nitrogens is 3. The number of thiophene rings is 1. The first-order chi connectivity index (χ1) is 16.0. The number of nitrogens with one attached hydrogen (secondary N) is 2. The number of benzene rings is 1. The van der Waals surface area contributed by atoms with Crippen LogP contribution in [0.5, 0.6) is 0 Å². The normalized spacial score (nSPS) is 13.5. The number of rotatable bonds is 6. The second-order valence-electron chi connectivity index (χ2n) is 7.36. The standard InChI is InChI=1S/C22H17Cl2FN6OS/c23-15-10-28-18(25)9-14(15)13-3-1-2-12-8-17(33-20(12)13)19-16(24)11-29-21(30-19)26-4-6-31-7-5-27-22(31)32/h1-3,8-11H,4-7H2,(H,27,32)(H,26,29,30). The van der Waals surface area contributed by atoms with Crippen molar-refractivity contribution in [1.29, 1.82) is 0 Å². The number of halogens is 3. The van der Waals surface area contributed by atoms with Crippen LogP contribution in [0.1, 0.15) is 0 Å². The van der Waals surface area contributed by atoms with Gasteiger partial charge >= 0.3 is 6.03 Å². The molecule has 1 aliphatic rings. The van der Waals surface area contributed by atoms with E-state index in [1.54, 1.807) is 11.1 Å². The molecule has 0 saturated carbocycles. The summed E-state index contributed by atoms with van der Waals surface area (Å²) in [5.74, 6) is -0.171. The summed E-state index contributed by atoms with van der Waals surface area (Å²) in [6.45, 7) is 2.40. The van der Waals surface area contributed by atoms with Gasteiger partial charge < -0.3 is 15.5 Å². The molecule has 1 saturated heterocycles. The van der Waals surface area contributed by atoms with Gasteiger partial charge in [0, 0.05) is 54.3 Å². The second-order valence-corrected chi connectivity index (χ2v) is 9.22. The van der Waals surface area contributed by atoms with E-state index in [0.29, 0.717) is 53.4 Å². The van der Waals surface area contributed by atoms with Crippen LogP contribution in [-0.4, -0.2) is 52.1 Å². The van der Waals surface area contributed by atoms with Gasteiger partial charge in [-0.1, -0.05) is 41.4 Å². The zero-order valence-electron chi connectivity index (χ0n) is 17.1. The second kappa shape index (κ2) is 9.09. The zero-order chi connectivity index (χ0) is 22.9. The lowest BCUT2D eigenvalue weighted by atomic mass is 10.1. The Labute approximate surface area is 202 Å². The zero-order valence-corrected chi connectivity index (χ0v) is 19.4. The lowest BCUT2D eigenvalue weighted by Crippen LogP contribution is -2.32. The number of nitrogens with zero attached hydrogens (tertiary/aromatic N) is 4. The van der Waals surface area contributed by atoms with Crippen LogP contribution >= 0.6 is 34.5 Å². The first-order valence-corrected chi connectivity index (χ1v) is 11.7. The van der Waals surface area contributed by atoms with Crippen LogP contribution in [-0.2, 0) is 0 Å². The van der Waals surface area contributed by atoms with E-state index in [1.807, 2.05) is 24.3 Å². The number of hydrogen-bond acceptors (Lipinski definition) is 6. The van der Waals surface area contributed by atoms with Crippen LogP contribution in [0, 0.1) is 5.95 Å². The third-order valence-electron chi connectivity index (χ3n) is 5.24. The number of carbonyl (C=O) groups is 1. The molecule has 11 heteroatoms. The molecule has 0 aliphatic carbocycles. The van der Waals surface area contributed by atoms with Gasteiger partial charge in [-0.2, -0.15) is 4.39 Å². The largest absolute Gasteiger partial charge is 0.352 e. The van der Waals surface area contributed by atoms with E-state index in [4.69, 9.17) is 23.2 Å². The van der Waals surface area contributed by atoms with Crippen LogP contribution < -0.4 is 10.6 Å². The molecule has 2 amide bonds. The molecule has 0 unspecified atom stereocenters. The molecule has 2 N–H and O–H groups in total. The van der Waals surface area contributed by atoms with Crippen molar-refractivity contribution in [2.45, 2.75) is 0 Å². The Kier molecular flexibility index (Phi) is 6.01. The van der Waals surface area contributed by atoms with Gasteiger partial charge in [0.05, 0.1) is 21.1 Å². The minimum Gasteiger partial charge on any atom is -0.352 e. The number of amides is 2. The van der Waals surface area contributed by atoms with Gasteiger partial charge in [-0.25, -0.2) is 19.7 Å². The highest BCUT2D eigenvalue weighted by Gasteiger charge is 2.19. The lowest BCUT2D eigenvalue weighted by Gasteiger charge is -2.14. The number of hydrogen-bond donors (Lipinski definition) is 2. The molecular weight excluding hydrogens is 486 g/mol. The van der Waals surface area contributed by atoms with Gasteiger partial charge in [-0.05, 0) is 11.5 Å². The van der Waals surface area contributed by atoms with Crippen LogP contribution in [0.3, 0.4) is 0 Å². The highest BCUT2D eigenvalue weighted by Crippen LogP contribution is 2.42. The van der Waals surface area contributed by atoms with Gasteiger partial charge in [0.2, 0.25) is 11.9 Å². The Morgan fingerprint density at radius 3 is 2.82 bits per heavy atom. The summed E-state index contributed by atoms with van der Waals surface area (Å²) in [5, 5.41) is 7.67. The summed E-state index contributed by atoms with van der Waals surface area (Å²) in [6, 6.07) is 9.01. The predicted octanol–water partition coefficient (Wildman–Crippen LogP) is 5.30. The van der Waals surface area contributed by atoms with Gasteiger partial charge in [-0.15, -0.1) is 11.3 Å². The summed E-state index contributed by atoms with van der Waals surface area (Å²) in [5.41, 5.74) is 1.97. The van der Waals surface area contributed by atoms with Crippen molar-refractivity contribution >= 4 is 56.6 Å². The molecule has 4 aromatic rings.